The minimum Gasteiger partial charge on any atom is -0.355 e. The average molecular weight is 262 g/mol. The molecule has 1 fully saturated rings. The van der Waals surface area contributed by atoms with Gasteiger partial charge in [0.15, 0.2) is 0 Å². The van der Waals surface area contributed by atoms with E-state index in [1.807, 2.05) is 0 Å². The Balaban J connectivity index is 1.91. The Morgan fingerprint density at radius 2 is 2.05 bits per heavy atom. The molecular formula is C14H22N4O. The lowest BCUT2D eigenvalue weighted by atomic mass is 10.1. The molecule has 1 N–H and O–H groups in total. The maximum atomic E-state index is 11.8. The molecule has 5 heteroatoms. The summed E-state index contributed by atoms with van der Waals surface area (Å²) < 4.78 is 0. The summed E-state index contributed by atoms with van der Waals surface area (Å²) >= 11 is 0. The van der Waals surface area contributed by atoms with Crippen molar-refractivity contribution in [2.75, 3.05) is 24.5 Å². The molecule has 5 nitrogen and oxygen atoms in total. The Bertz CT molecular complexity index is 398. The number of carbonyl (C=O) groups excluding carboxylic acids is 1. The first kappa shape index (κ1) is 13.8. The van der Waals surface area contributed by atoms with Crippen molar-refractivity contribution in [3.63, 3.8) is 0 Å². The third-order valence-electron chi connectivity index (χ3n) is 3.37. The molecule has 104 valence electrons. The molecule has 0 unspecified atom stereocenters. The molecule has 0 spiro atoms. The van der Waals surface area contributed by atoms with E-state index in [1.165, 1.54) is 19.3 Å². The zero-order chi connectivity index (χ0) is 13.5. The van der Waals surface area contributed by atoms with Crippen molar-refractivity contribution in [3.05, 3.63) is 18.1 Å². The SMILES string of the molecule is CCCCNC(=O)c1cnc(N2CCCCC2)cn1. The van der Waals surface area contributed by atoms with E-state index in [0.29, 0.717) is 12.2 Å². The van der Waals surface area contributed by atoms with Crippen molar-refractivity contribution in [2.45, 2.75) is 39.0 Å². The van der Waals surface area contributed by atoms with E-state index in [2.05, 4.69) is 27.1 Å². The number of carbonyl (C=O) groups is 1. The van der Waals surface area contributed by atoms with Gasteiger partial charge < -0.3 is 10.2 Å². The number of anilines is 1. The predicted octanol–water partition coefficient (Wildman–Crippen LogP) is 2.00. The molecular weight excluding hydrogens is 240 g/mol. The maximum Gasteiger partial charge on any atom is 0.271 e. The van der Waals surface area contributed by atoms with Crippen LogP contribution in [-0.2, 0) is 0 Å². The molecule has 1 aromatic rings. The van der Waals surface area contributed by atoms with Gasteiger partial charge in [-0.2, -0.15) is 0 Å². The van der Waals surface area contributed by atoms with Gasteiger partial charge in [0, 0.05) is 19.6 Å². The highest BCUT2D eigenvalue weighted by Crippen LogP contribution is 2.16. The van der Waals surface area contributed by atoms with Crippen molar-refractivity contribution >= 4 is 11.7 Å². The summed E-state index contributed by atoms with van der Waals surface area (Å²) in [6.07, 6.45) is 9.06. The molecule has 1 amide bonds. The zero-order valence-corrected chi connectivity index (χ0v) is 11.6. The van der Waals surface area contributed by atoms with Crippen LogP contribution < -0.4 is 10.2 Å². The van der Waals surface area contributed by atoms with Gasteiger partial charge in [0.25, 0.3) is 5.91 Å². The summed E-state index contributed by atoms with van der Waals surface area (Å²) in [5, 5.41) is 2.84. The van der Waals surface area contributed by atoms with Gasteiger partial charge in [0.1, 0.15) is 11.5 Å². The van der Waals surface area contributed by atoms with Gasteiger partial charge in [-0.1, -0.05) is 13.3 Å². The van der Waals surface area contributed by atoms with Crippen molar-refractivity contribution in [2.24, 2.45) is 0 Å². The van der Waals surface area contributed by atoms with Gasteiger partial charge >= 0.3 is 0 Å². The molecule has 1 aliphatic heterocycles. The Kier molecular flexibility index (Phi) is 5.12. The van der Waals surface area contributed by atoms with Gasteiger partial charge in [-0.15, -0.1) is 0 Å². The Labute approximate surface area is 114 Å². The van der Waals surface area contributed by atoms with E-state index in [9.17, 15) is 4.79 Å². The fourth-order valence-corrected chi connectivity index (χ4v) is 2.19. The summed E-state index contributed by atoms with van der Waals surface area (Å²) in [6.45, 7) is 4.87. The fraction of sp³-hybridized carbons (Fsp3) is 0.643. The Morgan fingerprint density at radius 3 is 2.68 bits per heavy atom. The van der Waals surface area contributed by atoms with E-state index < -0.39 is 0 Å². The van der Waals surface area contributed by atoms with Crippen LogP contribution in [0.4, 0.5) is 5.82 Å². The number of unbranched alkanes of at least 4 members (excludes halogenated alkanes) is 1. The minimum atomic E-state index is -0.133. The highest BCUT2D eigenvalue weighted by Gasteiger charge is 2.13. The lowest BCUT2D eigenvalue weighted by Gasteiger charge is -2.27. The summed E-state index contributed by atoms with van der Waals surface area (Å²) in [4.78, 5) is 22.6. The number of piperidine rings is 1. The molecule has 0 bridgehead atoms. The molecule has 2 rings (SSSR count). The first-order valence-electron chi connectivity index (χ1n) is 7.16. The van der Waals surface area contributed by atoms with Gasteiger partial charge in [0.05, 0.1) is 12.4 Å². The third kappa shape index (κ3) is 3.91. The first-order chi connectivity index (χ1) is 9.31. The van der Waals surface area contributed by atoms with Crippen LogP contribution in [0.25, 0.3) is 0 Å². The maximum absolute atomic E-state index is 11.8. The number of rotatable bonds is 5. The van der Waals surface area contributed by atoms with E-state index >= 15 is 0 Å². The second-order valence-electron chi connectivity index (χ2n) is 4.92. The van der Waals surface area contributed by atoms with Crippen LogP contribution in [0.1, 0.15) is 49.5 Å². The molecule has 0 aromatic carbocycles. The van der Waals surface area contributed by atoms with Crippen molar-refractivity contribution in [1.82, 2.24) is 15.3 Å². The standard InChI is InChI=1S/C14H22N4O/c1-2-3-7-15-14(19)12-10-17-13(11-16-12)18-8-5-4-6-9-18/h10-11H,2-9H2,1H3,(H,15,19). The molecule has 0 aliphatic carbocycles. The number of nitrogens with zero attached hydrogens (tertiary/aromatic N) is 3. The van der Waals surface area contributed by atoms with Crippen molar-refractivity contribution in [1.29, 1.82) is 0 Å². The number of amides is 1. The van der Waals surface area contributed by atoms with E-state index in [1.54, 1.807) is 12.4 Å². The highest BCUT2D eigenvalue weighted by atomic mass is 16.1. The quantitative estimate of drug-likeness (QED) is 0.825. The molecule has 0 saturated carbocycles. The van der Waals surface area contributed by atoms with Crippen LogP contribution in [0.3, 0.4) is 0 Å². The van der Waals surface area contributed by atoms with Crippen LogP contribution in [-0.4, -0.2) is 35.5 Å². The smallest absolute Gasteiger partial charge is 0.271 e. The molecule has 19 heavy (non-hydrogen) atoms. The lowest BCUT2D eigenvalue weighted by molar-refractivity contribution is 0.0948. The number of hydrogen-bond acceptors (Lipinski definition) is 4. The van der Waals surface area contributed by atoms with Crippen LogP contribution in [0, 0.1) is 0 Å². The van der Waals surface area contributed by atoms with Crippen LogP contribution in [0.2, 0.25) is 0 Å². The average Bonchev–Trinajstić information content (AvgIpc) is 2.48. The number of hydrogen-bond donors (Lipinski definition) is 1. The highest BCUT2D eigenvalue weighted by molar-refractivity contribution is 5.91. The van der Waals surface area contributed by atoms with Crippen molar-refractivity contribution in [3.8, 4) is 0 Å². The van der Waals surface area contributed by atoms with E-state index in [0.717, 1.165) is 31.7 Å². The second-order valence-corrected chi connectivity index (χ2v) is 4.92. The largest absolute Gasteiger partial charge is 0.355 e. The summed E-state index contributed by atoms with van der Waals surface area (Å²) in [6, 6.07) is 0. The van der Waals surface area contributed by atoms with E-state index in [4.69, 9.17) is 0 Å². The first-order valence-corrected chi connectivity index (χ1v) is 7.16. The van der Waals surface area contributed by atoms with Gasteiger partial charge in [-0.25, -0.2) is 9.97 Å². The second kappa shape index (κ2) is 7.07. The minimum absolute atomic E-state index is 0.133. The third-order valence-corrected chi connectivity index (χ3v) is 3.37. The predicted molar refractivity (Wildman–Crippen MR) is 75.3 cm³/mol. The fourth-order valence-electron chi connectivity index (χ4n) is 2.19. The number of nitrogens with one attached hydrogen (secondary N) is 1. The van der Waals surface area contributed by atoms with Gasteiger partial charge in [0.2, 0.25) is 0 Å². The topological polar surface area (TPSA) is 58.1 Å². The normalized spacial score (nSPS) is 15.3. The molecule has 0 radical (unpaired) electrons. The Hall–Kier alpha value is -1.65. The summed E-state index contributed by atoms with van der Waals surface area (Å²) in [7, 11) is 0. The van der Waals surface area contributed by atoms with Gasteiger partial charge in [-0.05, 0) is 25.7 Å². The molecule has 2 heterocycles. The Morgan fingerprint density at radius 1 is 1.26 bits per heavy atom. The van der Waals surface area contributed by atoms with E-state index in [-0.39, 0.29) is 5.91 Å². The van der Waals surface area contributed by atoms with Crippen LogP contribution in [0.15, 0.2) is 12.4 Å². The molecule has 0 atom stereocenters. The zero-order valence-electron chi connectivity index (χ0n) is 11.6. The lowest BCUT2D eigenvalue weighted by Crippen LogP contribution is -2.31. The van der Waals surface area contributed by atoms with Crippen LogP contribution >= 0.6 is 0 Å². The molecule has 1 saturated heterocycles. The number of aromatic nitrogens is 2. The van der Waals surface area contributed by atoms with Crippen LogP contribution in [0.5, 0.6) is 0 Å². The molecule has 1 aliphatic rings. The summed E-state index contributed by atoms with van der Waals surface area (Å²) in [5.41, 5.74) is 0.400. The molecule has 1 aromatic heterocycles. The van der Waals surface area contributed by atoms with Gasteiger partial charge in [-0.3, -0.25) is 4.79 Å². The summed E-state index contributed by atoms with van der Waals surface area (Å²) in [5.74, 6) is 0.746. The monoisotopic (exact) mass is 262 g/mol. The van der Waals surface area contributed by atoms with Crippen molar-refractivity contribution < 1.29 is 4.79 Å².